The maximum absolute atomic E-state index is 5.63. The van der Waals surface area contributed by atoms with E-state index in [1.165, 1.54) is 42.8 Å². The Hall–Kier alpha value is -0.290. The molecule has 4 bridgehead atoms. The fourth-order valence-corrected chi connectivity index (χ4v) is 7.12. The van der Waals surface area contributed by atoms with E-state index in [2.05, 4.69) is 10.2 Å². The highest BCUT2D eigenvalue weighted by Crippen LogP contribution is 2.61. The summed E-state index contributed by atoms with van der Waals surface area (Å²) in [5.41, 5.74) is 6.32. The van der Waals surface area contributed by atoms with Crippen LogP contribution in [0.5, 0.6) is 0 Å². The van der Waals surface area contributed by atoms with Gasteiger partial charge in [-0.25, -0.2) is 0 Å². The zero-order chi connectivity index (χ0) is 12.9. The van der Waals surface area contributed by atoms with E-state index in [-0.39, 0.29) is 0 Å². The third-order valence-corrected chi connectivity index (χ3v) is 7.33. The molecule has 4 saturated carbocycles. The van der Waals surface area contributed by atoms with Crippen LogP contribution < -0.4 is 5.73 Å². The number of anilines is 1. The molecular formula is C14H21N3S2. The zero-order valence-electron chi connectivity index (χ0n) is 11.2. The van der Waals surface area contributed by atoms with Gasteiger partial charge in [0, 0.05) is 5.75 Å². The number of rotatable bonds is 4. The molecule has 104 valence electrons. The number of hydrogen-bond donors (Lipinski definition) is 1. The minimum atomic E-state index is 0.595. The van der Waals surface area contributed by atoms with Crippen LogP contribution in [0.3, 0.4) is 0 Å². The van der Waals surface area contributed by atoms with Gasteiger partial charge in [-0.1, -0.05) is 23.1 Å². The summed E-state index contributed by atoms with van der Waals surface area (Å²) in [4.78, 5) is 0. The van der Waals surface area contributed by atoms with Gasteiger partial charge in [0.05, 0.1) is 0 Å². The van der Waals surface area contributed by atoms with Gasteiger partial charge in [0.1, 0.15) is 0 Å². The summed E-state index contributed by atoms with van der Waals surface area (Å²) in [6.07, 6.45) is 10.5. The quantitative estimate of drug-likeness (QED) is 0.858. The van der Waals surface area contributed by atoms with Crippen LogP contribution in [0.4, 0.5) is 5.13 Å². The number of thioether (sulfide) groups is 1. The summed E-state index contributed by atoms with van der Waals surface area (Å²) >= 11 is 3.38. The van der Waals surface area contributed by atoms with E-state index in [1.54, 1.807) is 19.3 Å². The fourth-order valence-electron chi connectivity index (χ4n) is 5.23. The lowest BCUT2D eigenvalue weighted by Crippen LogP contribution is -2.46. The summed E-state index contributed by atoms with van der Waals surface area (Å²) < 4.78 is 1.04. The molecule has 4 aliphatic rings. The molecule has 5 rings (SSSR count). The smallest absolute Gasteiger partial charge is 0.203 e. The van der Waals surface area contributed by atoms with Gasteiger partial charge in [-0.2, -0.15) is 0 Å². The third kappa shape index (κ3) is 2.40. The van der Waals surface area contributed by atoms with Crippen molar-refractivity contribution in [2.24, 2.45) is 23.2 Å². The molecule has 1 aromatic rings. The van der Waals surface area contributed by atoms with Crippen LogP contribution in [0.2, 0.25) is 0 Å². The second-order valence-electron chi connectivity index (χ2n) is 6.92. The normalized spacial score (nSPS) is 39.9. The summed E-state index contributed by atoms with van der Waals surface area (Å²) in [6.45, 7) is 0. The van der Waals surface area contributed by atoms with Crippen molar-refractivity contribution in [2.75, 3.05) is 11.5 Å². The predicted molar refractivity (Wildman–Crippen MR) is 80.3 cm³/mol. The standard InChI is InChI=1S/C14H21N3S2/c15-12-16-17-13(19-12)18-2-1-14-6-9-3-10(7-14)5-11(4-9)8-14/h9-11H,1-8H2,(H2,15,16). The summed E-state index contributed by atoms with van der Waals surface area (Å²) in [7, 11) is 0. The van der Waals surface area contributed by atoms with E-state index < -0.39 is 0 Å². The van der Waals surface area contributed by atoms with Crippen molar-refractivity contribution in [3.05, 3.63) is 0 Å². The van der Waals surface area contributed by atoms with Crippen molar-refractivity contribution in [3.8, 4) is 0 Å². The van der Waals surface area contributed by atoms with Crippen molar-refractivity contribution < 1.29 is 0 Å². The van der Waals surface area contributed by atoms with Crippen molar-refractivity contribution in [3.63, 3.8) is 0 Å². The summed E-state index contributed by atoms with van der Waals surface area (Å²) in [5, 5.41) is 8.59. The van der Waals surface area contributed by atoms with Crippen LogP contribution in [0.25, 0.3) is 0 Å². The Kier molecular flexibility index (Phi) is 3.03. The Bertz CT molecular complexity index is 436. The van der Waals surface area contributed by atoms with Crippen molar-refractivity contribution in [2.45, 2.75) is 49.3 Å². The van der Waals surface area contributed by atoms with Crippen molar-refractivity contribution >= 4 is 28.2 Å². The van der Waals surface area contributed by atoms with Crippen LogP contribution in [0.15, 0.2) is 4.34 Å². The van der Waals surface area contributed by atoms with Gasteiger partial charge in [-0.3, -0.25) is 0 Å². The maximum Gasteiger partial charge on any atom is 0.203 e. The Morgan fingerprint density at radius 3 is 2.26 bits per heavy atom. The molecule has 19 heavy (non-hydrogen) atoms. The van der Waals surface area contributed by atoms with E-state index in [0.29, 0.717) is 10.5 Å². The van der Waals surface area contributed by atoms with E-state index in [1.807, 2.05) is 11.8 Å². The highest BCUT2D eigenvalue weighted by molar-refractivity contribution is 8.01. The second-order valence-corrected chi connectivity index (χ2v) is 9.27. The molecule has 4 aliphatic carbocycles. The van der Waals surface area contributed by atoms with Crippen LogP contribution in [0.1, 0.15) is 44.9 Å². The van der Waals surface area contributed by atoms with Gasteiger partial charge >= 0.3 is 0 Å². The zero-order valence-corrected chi connectivity index (χ0v) is 12.8. The molecule has 0 saturated heterocycles. The van der Waals surface area contributed by atoms with Gasteiger partial charge < -0.3 is 5.73 Å². The lowest BCUT2D eigenvalue weighted by molar-refractivity contribution is -0.0538. The molecule has 0 amide bonds. The Morgan fingerprint density at radius 2 is 1.74 bits per heavy atom. The first-order valence-corrected chi connectivity index (χ1v) is 9.23. The molecule has 0 unspecified atom stereocenters. The monoisotopic (exact) mass is 295 g/mol. The molecule has 2 N–H and O–H groups in total. The average Bonchev–Trinajstić information content (AvgIpc) is 2.73. The number of nitrogen functional groups attached to an aromatic ring is 1. The number of aromatic nitrogens is 2. The molecule has 4 fully saturated rings. The molecule has 1 heterocycles. The molecule has 3 nitrogen and oxygen atoms in total. The highest BCUT2D eigenvalue weighted by Gasteiger charge is 2.50. The molecule has 5 heteroatoms. The Morgan fingerprint density at radius 1 is 1.11 bits per heavy atom. The topological polar surface area (TPSA) is 51.8 Å². The van der Waals surface area contributed by atoms with Crippen LogP contribution in [-0.4, -0.2) is 16.0 Å². The minimum Gasteiger partial charge on any atom is -0.374 e. The summed E-state index contributed by atoms with van der Waals surface area (Å²) in [5.74, 6) is 4.39. The van der Waals surface area contributed by atoms with Crippen molar-refractivity contribution in [1.82, 2.24) is 10.2 Å². The number of nitrogens with zero attached hydrogens (tertiary/aromatic N) is 2. The maximum atomic E-state index is 5.63. The van der Waals surface area contributed by atoms with Gasteiger partial charge in [0.15, 0.2) is 4.34 Å². The molecule has 0 aromatic carbocycles. The molecule has 0 atom stereocenters. The van der Waals surface area contributed by atoms with Gasteiger partial charge in [-0.05, 0) is 68.1 Å². The van der Waals surface area contributed by atoms with E-state index in [9.17, 15) is 0 Å². The Labute approximate surface area is 122 Å². The van der Waals surface area contributed by atoms with Gasteiger partial charge in [-0.15, -0.1) is 10.2 Å². The molecule has 0 radical (unpaired) electrons. The SMILES string of the molecule is Nc1nnc(SCCC23CC4CC(CC(C4)C2)C3)s1. The molecule has 0 spiro atoms. The molecule has 0 aliphatic heterocycles. The minimum absolute atomic E-state index is 0.595. The Balaban J connectivity index is 1.37. The van der Waals surface area contributed by atoms with E-state index >= 15 is 0 Å². The first-order valence-electron chi connectivity index (χ1n) is 7.43. The summed E-state index contributed by atoms with van der Waals surface area (Å²) in [6, 6.07) is 0. The first-order chi connectivity index (χ1) is 9.21. The average molecular weight is 295 g/mol. The first kappa shape index (κ1) is 12.5. The lowest BCUT2D eigenvalue weighted by Gasteiger charge is -2.57. The van der Waals surface area contributed by atoms with Gasteiger partial charge in [0.25, 0.3) is 0 Å². The van der Waals surface area contributed by atoms with Crippen LogP contribution >= 0.6 is 23.1 Å². The predicted octanol–water partition coefficient (Wildman–Crippen LogP) is 3.82. The molecule has 1 aromatic heterocycles. The van der Waals surface area contributed by atoms with Crippen molar-refractivity contribution in [1.29, 1.82) is 0 Å². The van der Waals surface area contributed by atoms with Crippen LogP contribution in [0, 0.1) is 23.2 Å². The van der Waals surface area contributed by atoms with Gasteiger partial charge in [0.2, 0.25) is 5.13 Å². The molecular weight excluding hydrogens is 274 g/mol. The number of hydrogen-bond acceptors (Lipinski definition) is 5. The number of nitrogens with two attached hydrogens (primary N) is 1. The fraction of sp³-hybridized carbons (Fsp3) is 0.857. The van der Waals surface area contributed by atoms with Crippen LogP contribution in [-0.2, 0) is 0 Å². The highest BCUT2D eigenvalue weighted by atomic mass is 32.2. The van der Waals surface area contributed by atoms with E-state index in [4.69, 9.17) is 5.73 Å². The lowest BCUT2D eigenvalue weighted by atomic mass is 9.49. The second kappa shape index (κ2) is 4.62. The third-order valence-electron chi connectivity index (χ3n) is 5.45. The largest absolute Gasteiger partial charge is 0.374 e. The van der Waals surface area contributed by atoms with E-state index in [0.717, 1.165) is 22.1 Å².